The number of carbonyl (C=O) groups is 2. The number of hydrogen-bond donors (Lipinski definition) is 7. The van der Waals surface area contributed by atoms with Crippen molar-refractivity contribution in [3.05, 3.63) is 64.5 Å². The van der Waals surface area contributed by atoms with Crippen LogP contribution in [0, 0.1) is 0 Å². The van der Waals surface area contributed by atoms with Gasteiger partial charge < -0.3 is 55.5 Å². The number of hydrogen-bond acceptors (Lipinski definition) is 21. The van der Waals surface area contributed by atoms with Crippen LogP contribution in [0.2, 0.25) is 0 Å². The second-order valence-electron chi connectivity index (χ2n) is 13.3. The van der Waals surface area contributed by atoms with Gasteiger partial charge in [0, 0.05) is 31.5 Å². The van der Waals surface area contributed by atoms with E-state index in [1.807, 2.05) is 0 Å². The summed E-state index contributed by atoms with van der Waals surface area (Å²) in [5, 5.41) is 32.1. The minimum Gasteiger partial charge on any atom is -0.455 e. The van der Waals surface area contributed by atoms with Gasteiger partial charge in [0.2, 0.25) is 5.91 Å². The molecule has 0 saturated carbocycles. The number of esters is 1. The van der Waals surface area contributed by atoms with Gasteiger partial charge in [0.1, 0.15) is 47.9 Å². The predicted molar refractivity (Wildman–Crippen MR) is 203 cm³/mol. The van der Waals surface area contributed by atoms with Gasteiger partial charge in [-0.15, -0.1) is 23.0 Å². The number of rotatable bonds is 18. The van der Waals surface area contributed by atoms with Crippen molar-refractivity contribution in [3.63, 3.8) is 0 Å². The number of fused-ring (bicyclic) bond motifs is 1. The van der Waals surface area contributed by atoms with Crippen LogP contribution in [0.25, 0.3) is 11.0 Å². The Morgan fingerprint density at radius 1 is 1.07 bits per heavy atom. The number of aliphatic hydroxyl groups excluding tert-OH is 2. The molecule has 0 spiro atoms. The van der Waals surface area contributed by atoms with E-state index >= 15 is 0 Å². The maximum Gasteiger partial charge on any atom is 0.472 e. The Balaban J connectivity index is 1.26. The number of nitrogen functional groups attached to an aromatic ring is 2. The molecule has 2 fully saturated rings. The Labute approximate surface area is 342 Å². The van der Waals surface area contributed by atoms with Crippen molar-refractivity contribution in [1.82, 2.24) is 39.2 Å². The fourth-order valence-corrected chi connectivity index (χ4v) is 8.26. The molecule has 29 heteroatoms. The molecule has 26 nitrogen and oxygen atoms in total. The van der Waals surface area contributed by atoms with Gasteiger partial charge in [-0.1, -0.05) is 6.08 Å². The Hall–Kier alpha value is -4.60. The normalized spacial score (nSPS) is 25.8. The summed E-state index contributed by atoms with van der Waals surface area (Å²) in [6.07, 6.45) is -8.42. The van der Waals surface area contributed by atoms with E-state index in [1.54, 1.807) is 5.38 Å². The van der Waals surface area contributed by atoms with Crippen molar-refractivity contribution < 1.29 is 71.4 Å². The monoisotopic (exact) mass is 902 g/mol. The zero-order valence-electron chi connectivity index (χ0n) is 31.2. The zero-order chi connectivity index (χ0) is 43.5. The molecule has 9 N–H and O–H groups in total. The second kappa shape index (κ2) is 18.6. The Kier molecular flexibility index (Phi) is 13.9. The molecule has 6 heterocycles. The van der Waals surface area contributed by atoms with Crippen molar-refractivity contribution in [2.24, 2.45) is 0 Å². The van der Waals surface area contributed by atoms with Crippen LogP contribution in [0.3, 0.4) is 0 Å². The molecule has 2 aliphatic rings. The summed E-state index contributed by atoms with van der Waals surface area (Å²) in [7, 11) is -9.19. The topological polar surface area (TPSA) is 371 Å². The number of ether oxygens (including phenoxy) is 3. The fourth-order valence-electron chi connectivity index (χ4n) is 6.38. The maximum absolute atomic E-state index is 14.0. The maximum atomic E-state index is 14.0. The number of aliphatic hydroxyl groups is 2. The standard InChI is InChI=1S/C31H40N10O16P2S/c1-3-4-5-21(42)39(2)16(8-15-12-60-14-35-15)30(45)56-25-18(54-29(23(25)43)41-13-34-22-17(41)9-36-38-27(22)33)11-53-59(50,51)57-26-19(10-52-58(47,48)49)55-28(24(26)44)40-7-6-20(32)37-31(40)46/h3,6-7,9,12-14,16,18-19,23-26,28-29,43-44H,1,4-5,8,10-11H2,2H3,(H2,33,38)(H,50,51)(H2,32,37,46)(H2,47,48,49)/t16-,18+,19+,23+,24+,25+,26+,28+,29+/m0/s1. The minimum atomic E-state index is -5.41. The molecule has 60 heavy (non-hydrogen) atoms. The van der Waals surface area contributed by atoms with Gasteiger partial charge in [0.25, 0.3) is 0 Å². The number of carbonyl (C=O) groups excluding carboxylic acids is 2. The van der Waals surface area contributed by atoms with Crippen LogP contribution in [-0.4, -0.2) is 139 Å². The van der Waals surface area contributed by atoms with E-state index in [0.717, 1.165) is 10.8 Å². The lowest BCUT2D eigenvalue weighted by molar-refractivity contribution is -0.165. The summed E-state index contributed by atoms with van der Waals surface area (Å²) in [5.74, 6) is -1.69. The van der Waals surface area contributed by atoms with Gasteiger partial charge in [-0.2, -0.15) is 10.1 Å². The minimum absolute atomic E-state index is 0.0153. The van der Waals surface area contributed by atoms with Gasteiger partial charge in [0.15, 0.2) is 24.4 Å². The highest BCUT2D eigenvalue weighted by atomic mass is 32.1. The highest BCUT2D eigenvalue weighted by Crippen LogP contribution is 2.50. The molecule has 1 unspecified atom stereocenters. The zero-order valence-corrected chi connectivity index (χ0v) is 33.8. The number of amides is 1. The molecular formula is C31H40N10O16P2S. The summed E-state index contributed by atoms with van der Waals surface area (Å²) < 4.78 is 59.6. The Morgan fingerprint density at radius 3 is 2.42 bits per heavy atom. The first-order valence-corrected chi connectivity index (χ1v) is 21.6. The average molecular weight is 903 g/mol. The number of imidazole rings is 1. The average Bonchev–Trinajstić information content (AvgIpc) is 3.99. The molecule has 10 atom stereocenters. The number of nitrogens with two attached hydrogens (primary N) is 2. The van der Waals surface area contributed by atoms with Gasteiger partial charge in [-0.3, -0.25) is 27.5 Å². The third kappa shape index (κ3) is 10.3. The molecule has 2 aliphatic heterocycles. The van der Waals surface area contributed by atoms with Crippen molar-refractivity contribution in [3.8, 4) is 0 Å². The van der Waals surface area contributed by atoms with E-state index in [9.17, 15) is 48.4 Å². The van der Waals surface area contributed by atoms with Crippen LogP contribution in [0.4, 0.5) is 11.6 Å². The van der Waals surface area contributed by atoms with Gasteiger partial charge in [-0.25, -0.2) is 28.7 Å². The lowest BCUT2D eigenvalue weighted by Gasteiger charge is -2.29. The van der Waals surface area contributed by atoms with Crippen LogP contribution in [0.15, 0.2) is 53.1 Å². The highest BCUT2D eigenvalue weighted by molar-refractivity contribution is 7.47. The van der Waals surface area contributed by atoms with Crippen LogP contribution in [0.5, 0.6) is 0 Å². The number of phosphoric ester groups is 2. The molecule has 0 aliphatic carbocycles. The summed E-state index contributed by atoms with van der Waals surface area (Å²) in [6, 6.07) is -0.101. The van der Waals surface area contributed by atoms with E-state index in [-0.39, 0.29) is 35.5 Å². The third-order valence-corrected chi connectivity index (χ3v) is 11.4. The quantitative estimate of drug-likeness (QED) is 0.0349. The molecule has 0 radical (unpaired) electrons. The largest absolute Gasteiger partial charge is 0.472 e. The Bertz CT molecular complexity index is 2330. The first kappa shape index (κ1) is 44.9. The summed E-state index contributed by atoms with van der Waals surface area (Å²) in [6.45, 7) is 1.64. The molecule has 4 aromatic rings. The van der Waals surface area contributed by atoms with E-state index in [2.05, 4.69) is 36.3 Å². The molecule has 4 aromatic heterocycles. The van der Waals surface area contributed by atoms with E-state index in [4.69, 9.17) is 34.7 Å². The van der Waals surface area contributed by atoms with Gasteiger partial charge >= 0.3 is 27.3 Å². The molecule has 0 bridgehead atoms. The fraction of sp³-hybridized carbons (Fsp3) is 0.484. The third-order valence-electron chi connectivity index (χ3n) is 9.34. The summed E-state index contributed by atoms with van der Waals surface area (Å²) >= 11 is 1.25. The molecule has 0 aromatic carbocycles. The number of anilines is 2. The second-order valence-corrected chi connectivity index (χ2v) is 16.7. The highest BCUT2D eigenvalue weighted by Gasteiger charge is 2.52. The molecular weight excluding hydrogens is 862 g/mol. The van der Waals surface area contributed by atoms with E-state index < -0.39 is 102 Å². The number of allylic oxidation sites excluding steroid dienone is 1. The van der Waals surface area contributed by atoms with Crippen LogP contribution < -0.4 is 17.2 Å². The van der Waals surface area contributed by atoms with Crippen molar-refractivity contribution in [2.45, 2.75) is 74.4 Å². The number of nitrogens with zero attached hydrogens (tertiary/aromatic N) is 8. The molecule has 326 valence electrons. The van der Waals surface area contributed by atoms with Gasteiger partial charge in [-0.05, 0) is 12.5 Å². The van der Waals surface area contributed by atoms with Crippen molar-refractivity contribution in [1.29, 1.82) is 0 Å². The first-order valence-electron chi connectivity index (χ1n) is 17.6. The Morgan fingerprint density at radius 2 is 1.75 bits per heavy atom. The number of thiazole rings is 1. The molecule has 2 saturated heterocycles. The summed E-state index contributed by atoms with van der Waals surface area (Å²) in [4.78, 5) is 82.3. The number of aromatic nitrogens is 7. The smallest absolute Gasteiger partial charge is 0.455 e. The molecule has 1 amide bonds. The molecule has 6 rings (SSSR count). The van der Waals surface area contributed by atoms with Crippen LogP contribution >= 0.6 is 27.0 Å². The lowest BCUT2D eigenvalue weighted by atomic mass is 10.1. The summed E-state index contributed by atoms with van der Waals surface area (Å²) in [5.41, 5.74) is 12.8. The van der Waals surface area contributed by atoms with Crippen LogP contribution in [-0.2, 0) is 52.9 Å². The van der Waals surface area contributed by atoms with Crippen molar-refractivity contribution >= 4 is 61.5 Å². The van der Waals surface area contributed by atoms with Crippen LogP contribution in [0.1, 0.15) is 31.0 Å². The predicted octanol–water partition coefficient (Wildman–Crippen LogP) is -1.22. The SMILES string of the molecule is C=CCCC(=O)N(C)[C@@H](Cc1cscn1)C(=O)O[C@H]1[C@@H](O)[C@H](n2cnc3c(N)nncc32)O[C@@H]1COP(=O)(O)O[C@H]1[C@@H](O)[C@H](n2ccc(N)nc2=O)O[C@@H]1COP(=O)(O)O. The van der Waals surface area contributed by atoms with E-state index in [1.165, 1.54) is 58.0 Å². The van der Waals surface area contributed by atoms with Gasteiger partial charge in [0.05, 0.1) is 42.5 Å². The number of likely N-dealkylation sites (N-methyl/N-ethyl adjacent to an activating group) is 1. The number of phosphoric acid groups is 2. The first-order chi connectivity index (χ1) is 28.4. The van der Waals surface area contributed by atoms with E-state index in [0.29, 0.717) is 12.1 Å². The lowest BCUT2D eigenvalue weighted by Crippen LogP contribution is -2.48. The van der Waals surface area contributed by atoms with Crippen molar-refractivity contribution in [2.75, 3.05) is 31.7 Å².